The van der Waals surface area contributed by atoms with Crippen molar-refractivity contribution >= 4 is 0 Å². The summed E-state index contributed by atoms with van der Waals surface area (Å²) in [5, 5.41) is 3.39. The Morgan fingerprint density at radius 3 is 2.74 bits per heavy atom. The van der Waals surface area contributed by atoms with E-state index in [4.69, 9.17) is 9.15 Å². The lowest BCUT2D eigenvalue weighted by Gasteiger charge is -2.06. The van der Waals surface area contributed by atoms with Gasteiger partial charge >= 0.3 is 0 Å². The van der Waals surface area contributed by atoms with E-state index in [1.165, 1.54) is 5.56 Å². The van der Waals surface area contributed by atoms with Crippen molar-refractivity contribution in [2.75, 3.05) is 13.2 Å². The first-order valence-corrected chi connectivity index (χ1v) is 6.44. The molecule has 0 aliphatic rings. The second-order valence-electron chi connectivity index (χ2n) is 4.25. The largest absolute Gasteiger partial charge is 0.490 e. The molecule has 0 fully saturated rings. The van der Waals surface area contributed by atoms with Crippen molar-refractivity contribution in [2.24, 2.45) is 0 Å². The third-order valence-electron chi connectivity index (χ3n) is 2.75. The minimum absolute atomic E-state index is 0.542. The molecule has 3 nitrogen and oxygen atoms in total. The van der Waals surface area contributed by atoms with Gasteiger partial charge in [-0.1, -0.05) is 24.8 Å². The lowest BCUT2D eigenvalue weighted by Crippen LogP contribution is -2.16. The van der Waals surface area contributed by atoms with Gasteiger partial charge in [-0.2, -0.15) is 0 Å². The van der Waals surface area contributed by atoms with Crippen LogP contribution in [0.2, 0.25) is 0 Å². The third kappa shape index (κ3) is 4.64. The molecule has 1 heterocycles. The molecule has 19 heavy (non-hydrogen) atoms. The molecule has 0 saturated carbocycles. The molecule has 0 bridgehead atoms. The van der Waals surface area contributed by atoms with Gasteiger partial charge in [-0.25, -0.2) is 0 Å². The minimum atomic E-state index is 0.542. The summed E-state index contributed by atoms with van der Waals surface area (Å²) in [7, 11) is 0. The molecule has 0 saturated heterocycles. The molecular formula is C16H19NO2. The zero-order chi connectivity index (χ0) is 13.3. The van der Waals surface area contributed by atoms with Gasteiger partial charge in [0.1, 0.15) is 18.1 Å². The van der Waals surface area contributed by atoms with Gasteiger partial charge in [-0.15, -0.1) is 0 Å². The van der Waals surface area contributed by atoms with E-state index in [0.717, 1.165) is 31.0 Å². The van der Waals surface area contributed by atoms with Crippen LogP contribution in [-0.2, 0) is 13.0 Å². The van der Waals surface area contributed by atoms with Crippen molar-refractivity contribution in [2.45, 2.75) is 13.0 Å². The van der Waals surface area contributed by atoms with Gasteiger partial charge in [0, 0.05) is 19.5 Å². The highest BCUT2D eigenvalue weighted by Gasteiger charge is 1.97. The lowest BCUT2D eigenvalue weighted by atomic mass is 10.2. The van der Waals surface area contributed by atoms with Crippen molar-refractivity contribution in [1.29, 1.82) is 0 Å². The van der Waals surface area contributed by atoms with Gasteiger partial charge < -0.3 is 14.5 Å². The summed E-state index contributed by atoms with van der Waals surface area (Å²) >= 11 is 0. The maximum Gasteiger partial charge on any atom is 0.119 e. The quantitative estimate of drug-likeness (QED) is 0.582. The number of hydrogen-bond acceptors (Lipinski definition) is 3. The fourth-order valence-electron chi connectivity index (χ4n) is 1.76. The molecule has 0 amide bonds. The monoisotopic (exact) mass is 257 g/mol. The molecule has 3 heteroatoms. The number of benzene rings is 1. The lowest BCUT2D eigenvalue weighted by molar-refractivity contribution is 0.363. The van der Waals surface area contributed by atoms with Crippen LogP contribution in [0, 0.1) is 0 Å². The second kappa shape index (κ2) is 7.44. The summed E-state index contributed by atoms with van der Waals surface area (Å²) in [5.74, 6) is 1.89. The van der Waals surface area contributed by atoms with E-state index in [-0.39, 0.29) is 0 Å². The first kappa shape index (κ1) is 13.4. The highest BCUT2D eigenvalue weighted by Crippen LogP contribution is 2.12. The van der Waals surface area contributed by atoms with E-state index < -0.39 is 0 Å². The van der Waals surface area contributed by atoms with Crippen molar-refractivity contribution in [3.8, 4) is 5.75 Å². The molecule has 1 aromatic carbocycles. The van der Waals surface area contributed by atoms with Crippen molar-refractivity contribution < 1.29 is 9.15 Å². The fourth-order valence-corrected chi connectivity index (χ4v) is 1.76. The molecule has 0 radical (unpaired) electrons. The first-order valence-electron chi connectivity index (χ1n) is 6.44. The SMILES string of the molecule is C=CCOc1ccc(CNCCc2ccco2)cc1. The summed E-state index contributed by atoms with van der Waals surface area (Å²) in [6.07, 6.45) is 4.36. The van der Waals surface area contributed by atoms with Crippen LogP contribution in [0.15, 0.2) is 59.7 Å². The van der Waals surface area contributed by atoms with Gasteiger partial charge in [0.2, 0.25) is 0 Å². The number of nitrogens with one attached hydrogen (secondary N) is 1. The van der Waals surface area contributed by atoms with Crippen LogP contribution in [-0.4, -0.2) is 13.2 Å². The summed E-state index contributed by atoms with van der Waals surface area (Å²) in [5.41, 5.74) is 1.24. The Kier molecular flexibility index (Phi) is 5.26. The van der Waals surface area contributed by atoms with Gasteiger partial charge in [0.25, 0.3) is 0 Å². The average Bonchev–Trinajstić information content (AvgIpc) is 2.96. The third-order valence-corrected chi connectivity index (χ3v) is 2.75. The van der Waals surface area contributed by atoms with Crippen LogP contribution in [0.3, 0.4) is 0 Å². The van der Waals surface area contributed by atoms with Crippen molar-refractivity contribution in [3.05, 3.63) is 66.6 Å². The summed E-state index contributed by atoms with van der Waals surface area (Å²) in [6.45, 7) is 5.92. The topological polar surface area (TPSA) is 34.4 Å². The Balaban J connectivity index is 1.69. The Hall–Kier alpha value is -2.00. The number of furan rings is 1. The van der Waals surface area contributed by atoms with Crippen molar-refractivity contribution in [3.63, 3.8) is 0 Å². The van der Waals surface area contributed by atoms with E-state index in [1.807, 2.05) is 24.3 Å². The predicted octanol–water partition coefficient (Wildman–Crippen LogP) is 3.18. The molecule has 0 unspecified atom stereocenters. The van der Waals surface area contributed by atoms with E-state index in [2.05, 4.69) is 24.0 Å². The van der Waals surface area contributed by atoms with Crippen LogP contribution in [0.4, 0.5) is 0 Å². The fraction of sp³-hybridized carbons (Fsp3) is 0.250. The number of hydrogen-bond donors (Lipinski definition) is 1. The van der Waals surface area contributed by atoms with E-state index in [0.29, 0.717) is 6.61 Å². The molecule has 0 spiro atoms. The molecule has 2 aromatic rings. The molecule has 100 valence electrons. The molecule has 0 aliphatic carbocycles. The molecular weight excluding hydrogens is 238 g/mol. The van der Waals surface area contributed by atoms with Gasteiger partial charge in [0.15, 0.2) is 0 Å². The molecule has 0 atom stereocenters. The minimum Gasteiger partial charge on any atom is -0.490 e. The smallest absolute Gasteiger partial charge is 0.119 e. The van der Waals surface area contributed by atoms with Gasteiger partial charge in [0.05, 0.1) is 6.26 Å². The molecule has 1 N–H and O–H groups in total. The molecule has 0 aliphatic heterocycles. The summed E-state index contributed by atoms with van der Waals surface area (Å²) in [4.78, 5) is 0. The van der Waals surface area contributed by atoms with Gasteiger partial charge in [-0.05, 0) is 29.8 Å². The number of ether oxygens (including phenoxy) is 1. The second-order valence-corrected chi connectivity index (χ2v) is 4.25. The Morgan fingerprint density at radius 1 is 1.21 bits per heavy atom. The molecule has 2 rings (SSSR count). The average molecular weight is 257 g/mol. The van der Waals surface area contributed by atoms with Crippen LogP contribution in [0.1, 0.15) is 11.3 Å². The highest BCUT2D eigenvalue weighted by molar-refractivity contribution is 5.27. The van der Waals surface area contributed by atoms with Crippen LogP contribution in [0.25, 0.3) is 0 Å². The maximum atomic E-state index is 5.43. The maximum absolute atomic E-state index is 5.43. The number of rotatable bonds is 8. The normalized spacial score (nSPS) is 10.3. The van der Waals surface area contributed by atoms with E-state index in [1.54, 1.807) is 12.3 Å². The zero-order valence-electron chi connectivity index (χ0n) is 11.0. The summed E-state index contributed by atoms with van der Waals surface area (Å²) in [6, 6.07) is 12.0. The van der Waals surface area contributed by atoms with Crippen LogP contribution in [0.5, 0.6) is 5.75 Å². The standard InChI is InChI=1S/C16H19NO2/c1-2-11-18-16-7-5-14(6-8-16)13-17-10-9-15-4-3-12-19-15/h2-8,12,17H,1,9-11,13H2. The zero-order valence-corrected chi connectivity index (χ0v) is 11.0. The van der Waals surface area contributed by atoms with Crippen LogP contribution >= 0.6 is 0 Å². The molecule has 1 aromatic heterocycles. The van der Waals surface area contributed by atoms with Gasteiger partial charge in [-0.3, -0.25) is 0 Å². The predicted molar refractivity (Wildman–Crippen MR) is 76.3 cm³/mol. The Bertz CT molecular complexity index is 474. The van der Waals surface area contributed by atoms with E-state index >= 15 is 0 Å². The Morgan fingerprint density at radius 2 is 2.05 bits per heavy atom. The first-order chi connectivity index (χ1) is 9.38. The van der Waals surface area contributed by atoms with Crippen molar-refractivity contribution in [1.82, 2.24) is 5.32 Å². The Labute approximate surface area is 113 Å². The van der Waals surface area contributed by atoms with Crippen LogP contribution < -0.4 is 10.1 Å². The highest BCUT2D eigenvalue weighted by atomic mass is 16.5. The van der Waals surface area contributed by atoms with E-state index in [9.17, 15) is 0 Å². The summed E-state index contributed by atoms with van der Waals surface area (Å²) < 4.78 is 10.7.